The van der Waals surface area contributed by atoms with Gasteiger partial charge in [-0.3, -0.25) is 0 Å². The molecule has 0 aromatic heterocycles. The van der Waals surface area contributed by atoms with Gasteiger partial charge < -0.3 is 9.47 Å². The van der Waals surface area contributed by atoms with Gasteiger partial charge in [0.1, 0.15) is 11.3 Å². The second kappa shape index (κ2) is 6.48. The first-order valence-corrected chi connectivity index (χ1v) is 6.74. The average Bonchev–Trinajstić information content (AvgIpc) is 2.46. The zero-order chi connectivity index (χ0) is 13.7. The molecule has 0 spiro atoms. The van der Waals surface area contributed by atoms with E-state index in [4.69, 9.17) is 9.47 Å². The summed E-state index contributed by atoms with van der Waals surface area (Å²) in [5.41, 5.74) is 0.459. The number of esters is 1. The molecule has 2 aromatic rings. The van der Waals surface area contributed by atoms with Crippen LogP contribution < -0.4 is 4.74 Å². The summed E-state index contributed by atoms with van der Waals surface area (Å²) < 4.78 is 10.5. The summed E-state index contributed by atoms with van der Waals surface area (Å²) in [7, 11) is 1.37. The molecule has 0 radical (unpaired) electrons. The van der Waals surface area contributed by atoms with Gasteiger partial charge in [0.05, 0.1) is 13.7 Å². The van der Waals surface area contributed by atoms with E-state index >= 15 is 0 Å². The molecule has 0 aliphatic carbocycles. The molecule has 0 heterocycles. The van der Waals surface area contributed by atoms with Gasteiger partial charge in [0.2, 0.25) is 0 Å². The highest BCUT2D eigenvalue weighted by molar-refractivity contribution is 7.80. The van der Waals surface area contributed by atoms with Crippen molar-refractivity contribution in [3.8, 4) is 5.75 Å². The highest BCUT2D eigenvalue weighted by atomic mass is 32.1. The Morgan fingerprint density at radius 1 is 1.21 bits per heavy atom. The maximum atomic E-state index is 11.8. The summed E-state index contributed by atoms with van der Waals surface area (Å²) in [6.07, 6.45) is 0.830. The average molecular weight is 276 g/mol. The number of benzene rings is 2. The monoisotopic (exact) mass is 276 g/mol. The highest BCUT2D eigenvalue weighted by Gasteiger charge is 2.14. The molecule has 0 atom stereocenters. The van der Waals surface area contributed by atoms with Crippen LogP contribution in [0.2, 0.25) is 0 Å². The Labute approximate surface area is 117 Å². The molecule has 0 bridgehead atoms. The molecule has 100 valence electrons. The number of methoxy groups -OCH3 is 1. The van der Waals surface area contributed by atoms with Crippen molar-refractivity contribution in [2.75, 3.05) is 19.5 Å². The van der Waals surface area contributed by atoms with Crippen molar-refractivity contribution in [3.05, 3.63) is 42.0 Å². The van der Waals surface area contributed by atoms with Crippen LogP contribution in [0.25, 0.3) is 10.8 Å². The molecule has 19 heavy (non-hydrogen) atoms. The Bertz CT molecular complexity index is 581. The molecule has 0 aliphatic heterocycles. The van der Waals surface area contributed by atoms with Crippen LogP contribution in [0.15, 0.2) is 36.4 Å². The quantitative estimate of drug-likeness (QED) is 0.517. The van der Waals surface area contributed by atoms with E-state index in [0.717, 1.165) is 22.9 Å². The van der Waals surface area contributed by atoms with E-state index in [0.29, 0.717) is 17.9 Å². The van der Waals surface area contributed by atoms with Gasteiger partial charge in [0.25, 0.3) is 0 Å². The van der Waals surface area contributed by atoms with E-state index < -0.39 is 0 Å². The zero-order valence-corrected chi connectivity index (χ0v) is 11.7. The standard InChI is InChI=1S/C15H16O3S/c1-17-15(16)13-9-11-5-2-3-6-12(11)10-14(13)18-7-4-8-19/h2-3,5-6,9-10,19H,4,7-8H2,1H3. The van der Waals surface area contributed by atoms with Gasteiger partial charge in [-0.2, -0.15) is 12.6 Å². The Kier molecular flexibility index (Phi) is 4.68. The number of carbonyl (C=O) groups is 1. The predicted molar refractivity (Wildman–Crippen MR) is 79.3 cm³/mol. The van der Waals surface area contributed by atoms with Gasteiger partial charge in [-0.05, 0) is 35.1 Å². The van der Waals surface area contributed by atoms with E-state index in [1.165, 1.54) is 7.11 Å². The van der Waals surface area contributed by atoms with Gasteiger partial charge in [-0.15, -0.1) is 0 Å². The number of ether oxygens (including phenoxy) is 2. The first kappa shape index (κ1) is 13.7. The predicted octanol–water partition coefficient (Wildman–Crippen LogP) is 3.33. The number of hydrogen-bond donors (Lipinski definition) is 1. The summed E-state index contributed by atoms with van der Waals surface area (Å²) in [6.45, 7) is 0.534. The topological polar surface area (TPSA) is 35.5 Å². The fraction of sp³-hybridized carbons (Fsp3) is 0.267. The van der Waals surface area contributed by atoms with E-state index in [1.807, 2.05) is 30.3 Å². The van der Waals surface area contributed by atoms with Gasteiger partial charge >= 0.3 is 5.97 Å². The summed E-state index contributed by atoms with van der Waals surface area (Å²) in [4.78, 5) is 11.8. The van der Waals surface area contributed by atoms with Crippen molar-refractivity contribution in [2.24, 2.45) is 0 Å². The maximum Gasteiger partial charge on any atom is 0.341 e. The molecule has 4 heteroatoms. The van der Waals surface area contributed by atoms with Crippen molar-refractivity contribution >= 4 is 29.4 Å². The number of hydrogen-bond acceptors (Lipinski definition) is 4. The minimum atomic E-state index is -0.383. The maximum absolute atomic E-state index is 11.8. The Morgan fingerprint density at radius 2 is 1.89 bits per heavy atom. The molecule has 0 aliphatic rings. The van der Waals surface area contributed by atoms with Crippen LogP contribution in [-0.2, 0) is 4.74 Å². The molecule has 2 aromatic carbocycles. The van der Waals surface area contributed by atoms with Crippen molar-refractivity contribution < 1.29 is 14.3 Å². The zero-order valence-electron chi connectivity index (χ0n) is 10.8. The lowest BCUT2D eigenvalue weighted by Crippen LogP contribution is -2.07. The lowest BCUT2D eigenvalue weighted by molar-refractivity contribution is 0.0596. The molecular weight excluding hydrogens is 260 g/mol. The molecule has 2 rings (SSSR count). The molecule has 0 saturated carbocycles. The summed E-state index contributed by atoms with van der Waals surface area (Å²) in [5.74, 6) is 0.931. The Morgan fingerprint density at radius 3 is 2.53 bits per heavy atom. The fourth-order valence-corrected chi connectivity index (χ4v) is 1.98. The second-order valence-corrected chi connectivity index (χ2v) is 4.56. The summed E-state index contributed by atoms with van der Waals surface area (Å²) in [5, 5.41) is 2.03. The van der Waals surface area contributed by atoms with E-state index in [1.54, 1.807) is 6.07 Å². The third-order valence-electron chi connectivity index (χ3n) is 2.81. The SMILES string of the molecule is COC(=O)c1cc2ccccc2cc1OCCCS. The van der Waals surface area contributed by atoms with Crippen LogP contribution in [0.4, 0.5) is 0 Å². The van der Waals surface area contributed by atoms with Crippen LogP contribution >= 0.6 is 12.6 Å². The largest absolute Gasteiger partial charge is 0.493 e. The van der Waals surface area contributed by atoms with E-state index in [9.17, 15) is 4.79 Å². The van der Waals surface area contributed by atoms with Gasteiger partial charge in [-0.1, -0.05) is 24.3 Å². The summed E-state index contributed by atoms with van der Waals surface area (Å²) >= 11 is 4.14. The lowest BCUT2D eigenvalue weighted by atomic mass is 10.1. The third kappa shape index (κ3) is 3.20. The van der Waals surface area contributed by atoms with E-state index in [-0.39, 0.29) is 5.97 Å². The van der Waals surface area contributed by atoms with Crippen molar-refractivity contribution in [1.29, 1.82) is 0 Å². The Balaban J connectivity index is 2.41. The van der Waals surface area contributed by atoms with Crippen molar-refractivity contribution in [1.82, 2.24) is 0 Å². The smallest absolute Gasteiger partial charge is 0.341 e. The van der Waals surface area contributed by atoms with Crippen LogP contribution in [0.1, 0.15) is 16.8 Å². The van der Waals surface area contributed by atoms with Crippen LogP contribution in [-0.4, -0.2) is 25.4 Å². The lowest BCUT2D eigenvalue weighted by Gasteiger charge is -2.11. The van der Waals surface area contributed by atoms with Gasteiger partial charge in [0.15, 0.2) is 0 Å². The van der Waals surface area contributed by atoms with Crippen LogP contribution in [0.5, 0.6) is 5.75 Å². The minimum absolute atomic E-state index is 0.383. The normalized spacial score (nSPS) is 10.4. The van der Waals surface area contributed by atoms with Gasteiger partial charge in [0, 0.05) is 0 Å². The van der Waals surface area contributed by atoms with Crippen molar-refractivity contribution in [3.63, 3.8) is 0 Å². The van der Waals surface area contributed by atoms with E-state index in [2.05, 4.69) is 12.6 Å². The minimum Gasteiger partial charge on any atom is -0.493 e. The van der Waals surface area contributed by atoms with Crippen LogP contribution in [0, 0.1) is 0 Å². The molecule has 0 N–H and O–H groups in total. The van der Waals surface area contributed by atoms with Crippen LogP contribution in [0.3, 0.4) is 0 Å². The van der Waals surface area contributed by atoms with Gasteiger partial charge in [-0.25, -0.2) is 4.79 Å². The first-order valence-electron chi connectivity index (χ1n) is 6.11. The molecule has 3 nitrogen and oxygen atoms in total. The third-order valence-corrected chi connectivity index (χ3v) is 3.13. The van der Waals surface area contributed by atoms with Crippen molar-refractivity contribution in [2.45, 2.75) is 6.42 Å². The number of rotatable bonds is 5. The molecule has 0 saturated heterocycles. The first-order chi connectivity index (χ1) is 9.26. The summed E-state index contributed by atoms with van der Waals surface area (Å²) in [6, 6.07) is 11.5. The molecule has 0 unspecified atom stereocenters. The number of fused-ring (bicyclic) bond motifs is 1. The Hall–Kier alpha value is -1.68. The molecule has 0 amide bonds. The fourth-order valence-electron chi connectivity index (χ4n) is 1.85. The number of carbonyl (C=O) groups excluding carboxylic acids is 1. The molecule has 0 fully saturated rings. The highest BCUT2D eigenvalue weighted by Crippen LogP contribution is 2.27. The number of thiol groups is 1. The second-order valence-electron chi connectivity index (χ2n) is 4.11. The molecular formula is C15H16O3S.